The van der Waals surface area contributed by atoms with Gasteiger partial charge in [-0.25, -0.2) is 0 Å². The van der Waals surface area contributed by atoms with E-state index in [1.165, 1.54) is 7.11 Å². The zero-order chi connectivity index (χ0) is 19.8. The van der Waals surface area contributed by atoms with Crippen LogP contribution in [-0.4, -0.2) is 55.0 Å². The smallest absolute Gasteiger partial charge is 0.319 e. The van der Waals surface area contributed by atoms with E-state index in [0.717, 1.165) is 25.9 Å². The monoisotopic (exact) mass is 383 g/mol. The third kappa shape index (κ3) is 5.79. The van der Waals surface area contributed by atoms with Crippen LogP contribution >= 0.6 is 0 Å². The number of aromatic nitrogens is 1. The second-order valence-electron chi connectivity index (χ2n) is 6.84. The molecule has 1 atom stereocenters. The number of rotatable bonds is 7. The van der Waals surface area contributed by atoms with E-state index >= 15 is 0 Å². The number of esters is 1. The van der Waals surface area contributed by atoms with Crippen molar-refractivity contribution in [3.05, 3.63) is 54.4 Å². The van der Waals surface area contributed by atoms with E-state index < -0.39 is 0 Å². The molecular weight excluding hydrogens is 358 g/mol. The highest BCUT2D eigenvalue weighted by Crippen LogP contribution is 2.20. The number of carbonyl (C=O) groups excluding carboxylic acids is 2. The molecule has 2 aromatic rings. The van der Waals surface area contributed by atoms with Crippen LogP contribution in [0.15, 0.2) is 48.8 Å². The fourth-order valence-electron chi connectivity index (χ4n) is 3.27. The quantitative estimate of drug-likeness (QED) is 0.740. The van der Waals surface area contributed by atoms with Gasteiger partial charge in [-0.1, -0.05) is 0 Å². The van der Waals surface area contributed by atoms with Crippen LogP contribution in [0.25, 0.3) is 0 Å². The molecule has 1 aliphatic rings. The first-order valence-electron chi connectivity index (χ1n) is 9.39. The number of methoxy groups -OCH3 is 1. The van der Waals surface area contributed by atoms with Crippen molar-refractivity contribution in [1.82, 2.24) is 15.2 Å². The Morgan fingerprint density at radius 2 is 2.04 bits per heavy atom. The maximum atomic E-state index is 12.4. The zero-order valence-corrected chi connectivity index (χ0v) is 16.0. The van der Waals surface area contributed by atoms with Crippen LogP contribution in [-0.2, 0) is 9.53 Å². The number of benzene rings is 1. The van der Waals surface area contributed by atoms with E-state index in [0.29, 0.717) is 36.1 Å². The summed E-state index contributed by atoms with van der Waals surface area (Å²) in [7, 11) is 1.40. The van der Waals surface area contributed by atoms with Crippen LogP contribution in [0.1, 0.15) is 23.2 Å². The van der Waals surface area contributed by atoms with Crippen molar-refractivity contribution in [3.63, 3.8) is 0 Å². The molecule has 1 amide bonds. The Morgan fingerprint density at radius 3 is 2.75 bits per heavy atom. The summed E-state index contributed by atoms with van der Waals surface area (Å²) < 4.78 is 10.4. The molecule has 148 valence electrons. The molecule has 3 rings (SSSR count). The van der Waals surface area contributed by atoms with E-state index in [4.69, 9.17) is 9.47 Å². The first-order chi connectivity index (χ1) is 13.6. The summed E-state index contributed by atoms with van der Waals surface area (Å²) in [5.74, 6) is 1.29. The first-order valence-corrected chi connectivity index (χ1v) is 9.39. The van der Waals surface area contributed by atoms with Gasteiger partial charge >= 0.3 is 5.97 Å². The summed E-state index contributed by atoms with van der Waals surface area (Å²) in [6.45, 7) is 2.56. The van der Waals surface area contributed by atoms with Crippen molar-refractivity contribution >= 4 is 11.9 Å². The Morgan fingerprint density at radius 1 is 1.21 bits per heavy atom. The number of likely N-dealkylation sites (tertiary alicyclic amines) is 1. The predicted molar refractivity (Wildman–Crippen MR) is 104 cm³/mol. The second kappa shape index (κ2) is 9.85. The molecule has 0 saturated carbocycles. The molecule has 1 aromatic carbocycles. The minimum Gasteiger partial charge on any atom is -0.468 e. The van der Waals surface area contributed by atoms with Gasteiger partial charge in [0.05, 0.1) is 19.9 Å². The van der Waals surface area contributed by atoms with Gasteiger partial charge in [0.15, 0.2) is 0 Å². The lowest BCUT2D eigenvalue weighted by Gasteiger charge is -2.31. The van der Waals surface area contributed by atoms with Crippen molar-refractivity contribution in [1.29, 1.82) is 0 Å². The van der Waals surface area contributed by atoms with Gasteiger partial charge in [-0.15, -0.1) is 0 Å². The predicted octanol–water partition coefficient (Wildman–Crippen LogP) is 2.49. The normalized spacial score (nSPS) is 17.0. The lowest BCUT2D eigenvalue weighted by molar-refractivity contribution is -0.142. The van der Waals surface area contributed by atoms with Crippen molar-refractivity contribution in [2.75, 3.05) is 33.3 Å². The summed E-state index contributed by atoms with van der Waals surface area (Å²) in [5.41, 5.74) is 0.584. The highest BCUT2D eigenvalue weighted by molar-refractivity contribution is 5.94. The van der Waals surface area contributed by atoms with Crippen molar-refractivity contribution in [2.24, 2.45) is 5.92 Å². The second-order valence-corrected chi connectivity index (χ2v) is 6.84. The fourth-order valence-corrected chi connectivity index (χ4v) is 3.27. The van der Waals surface area contributed by atoms with Gasteiger partial charge in [0.1, 0.15) is 11.5 Å². The summed E-state index contributed by atoms with van der Waals surface area (Å²) in [6.07, 6.45) is 5.36. The van der Waals surface area contributed by atoms with E-state index in [1.54, 1.807) is 42.7 Å². The van der Waals surface area contributed by atoms with E-state index in [1.807, 2.05) is 6.07 Å². The first kappa shape index (κ1) is 19.8. The van der Waals surface area contributed by atoms with Crippen molar-refractivity contribution in [2.45, 2.75) is 12.8 Å². The number of amides is 1. The molecule has 1 N–H and O–H groups in total. The largest absolute Gasteiger partial charge is 0.468 e. The molecule has 1 aromatic heterocycles. The third-order valence-corrected chi connectivity index (χ3v) is 4.72. The highest BCUT2D eigenvalue weighted by atomic mass is 16.5. The van der Waals surface area contributed by atoms with Gasteiger partial charge in [-0.2, -0.15) is 0 Å². The van der Waals surface area contributed by atoms with Crippen LogP contribution in [0.3, 0.4) is 0 Å². The number of nitrogens with zero attached hydrogens (tertiary/aromatic N) is 2. The summed E-state index contributed by atoms with van der Waals surface area (Å²) >= 11 is 0. The van der Waals surface area contributed by atoms with Crippen molar-refractivity contribution < 1.29 is 19.1 Å². The Bertz CT molecular complexity index is 780. The molecule has 0 bridgehead atoms. The van der Waals surface area contributed by atoms with Crippen molar-refractivity contribution in [3.8, 4) is 11.5 Å². The van der Waals surface area contributed by atoms with Crippen LogP contribution in [0.4, 0.5) is 0 Å². The number of ether oxygens (including phenoxy) is 2. The lowest BCUT2D eigenvalue weighted by atomic mass is 9.98. The van der Waals surface area contributed by atoms with Crippen LogP contribution < -0.4 is 10.1 Å². The van der Waals surface area contributed by atoms with E-state index in [-0.39, 0.29) is 11.9 Å². The van der Waals surface area contributed by atoms with Gasteiger partial charge in [-0.3, -0.25) is 19.5 Å². The van der Waals surface area contributed by atoms with Gasteiger partial charge in [0, 0.05) is 24.8 Å². The van der Waals surface area contributed by atoms with Gasteiger partial charge < -0.3 is 14.8 Å². The minimum atomic E-state index is -0.224. The van der Waals surface area contributed by atoms with Crippen LogP contribution in [0.2, 0.25) is 0 Å². The molecule has 0 spiro atoms. The Balaban J connectivity index is 1.47. The standard InChI is InChI=1S/C21H25N3O4/c1-27-20(25)15-24-11-3-4-16(14-24)12-23-21(26)17-6-8-18(9-7-17)28-19-5-2-10-22-13-19/h2,5-10,13,16H,3-4,11-12,14-15H2,1H3,(H,23,26)/t16-/m0/s1. The number of carbonyl (C=O) groups is 2. The number of hydrogen-bond acceptors (Lipinski definition) is 6. The Hall–Kier alpha value is -2.93. The highest BCUT2D eigenvalue weighted by Gasteiger charge is 2.22. The average Bonchev–Trinajstić information content (AvgIpc) is 2.73. The summed E-state index contributed by atoms with van der Waals surface area (Å²) in [5, 5.41) is 2.99. The summed E-state index contributed by atoms with van der Waals surface area (Å²) in [4.78, 5) is 29.9. The maximum Gasteiger partial charge on any atom is 0.319 e. The maximum absolute atomic E-state index is 12.4. The number of hydrogen-bond donors (Lipinski definition) is 1. The van der Waals surface area contributed by atoms with Gasteiger partial charge in [0.2, 0.25) is 0 Å². The van der Waals surface area contributed by atoms with Crippen LogP contribution in [0.5, 0.6) is 11.5 Å². The average molecular weight is 383 g/mol. The fraction of sp³-hybridized carbons (Fsp3) is 0.381. The Kier molecular flexibility index (Phi) is 6.97. The van der Waals surface area contributed by atoms with Crippen LogP contribution in [0, 0.1) is 5.92 Å². The van der Waals surface area contributed by atoms with E-state index in [9.17, 15) is 9.59 Å². The molecule has 0 radical (unpaired) electrons. The molecule has 1 saturated heterocycles. The molecule has 0 unspecified atom stereocenters. The Labute approximate surface area is 164 Å². The molecule has 7 nitrogen and oxygen atoms in total. The topological polar surface area (TPSA) is 80.8 Å². The molecule has 1 fully saturated rings. The molecule has 1 aliphatic heterocycles. The minimum absolute atomic E-state index is 0.113. The molecular formula is C21H25N3O4. The lowest BCUT2D eigenvalue weighted by Crippen LogP contribution is -2.43. The zero-order valence-electron chi connectivity index (χ0n) is 16.0. The summed E-state index contributed by atoms with van der Waals surface area (Å²) in [6, 6.07) is 10.6. The number of pyridine rings is 1. The van der Waals surface area contributed by atoms with Gasteiger partial charge in [-0.05, 0) is 61.7 Å². The number of nitrogens with one attached hydrogen (secondary N) is 1. The third-order valence-electron chi connectivity index (χ3n) is 4.72. The molecule has 28 heavy (non-hydrogen) atoms. The van der Waals surface area contributed by atoms with Gasteiger partial charge in [0.25, 0.3) is 5.91 Å². The molecule has 7 heteroatoms. The SMILES string of the molecule is COC(=O)CN1CCC[C@@H](CNC(=O)c2ccc(Oc3cccnc3)cc2)C1. The molecule has 2 heterocycles. The number of piperidine rings is 1. The van der Waals surface area contributed by atoms with E-state index in [2.05, 4.69) is 15.2 Å². The molecule has 0 aliphatic carbocycles.